The minimum atomic E-state index is -4.24. The molecule has 0 aliphatic carbocycles. The van der Waals surface area contributed by atoms with Crippen molar-refractivity contribution in [1.82, 2.24) is 10.2 Å². The standard InChI is InChI=1S/C28H32N4O6S/c1-4-26(28(34)29-5-2)30(19-22-11-9-10-21(3)18-22)27(33)20-31(23-14-16-24(17-15-23)32(35)36)39(37,38)25-12-7-6-8-13-25/h6-18,26H,4-5,19-20H2,1-3H3,(H,29,34). The summed E-state index contributed by atoms with van der Waals surface area (Å²) in [5.74, 6) is -0.929. The van der Waals surface area contributed by atoms with E-state index >= 15 is 0 Å². The quantitative estimate of drug-likeness (QED) is 0.267. The predicted octanol–water partition coefficient (Wildman–Crippen LogP) is 4.04. The topological polar surface area (TPSA) is 130 Å². The molecule has 0 aliphatic rings. The molecule has 0 fully saturated rings. The molecule has 3 aromatic rings. The maximum atomic E-state index is 13.9. The molecule has 0 aliphatic heterocycles. The number of nitro groups is 1. The first kappa shape index (κ1) is 29.3. The highest BCUT2D eigenvalue weighted by atomic mass is 32.2. The number of non-ortho nitro benzene ring substituents is 1. The third-order valence-corrected chi connectivity index (χ3v) is 7.92. The van der Waals surface area contributed by atoms with Crippen LogP contribution in [0.25, 0.3) is 0 Å². The highest BCUT2D eigenvalue weighted by molar-refractivity contribution is 7.92. The van der Waals surface area contributed by atoms with Gasteiger partial charge < -0.3 is 10.2 Å². The molecule has 3 rings (SSSR count). The zero-order chi connectivity index (χ0) is 28.6. The number of carbonyl (C=O) groups is 2. The summed E-state index contributed by atoms with van der Waals surface area (Å²) in [6, 6.07) is 19.2. The number of aryl methyl sites for hydroxylation is 1. The minimum absolute atomic E-state index is 0.0443. The van der Waals surface area contributed by atoms with E-state index < -0.39 is 33.4 Å². The number of benzene rings is 3. The van der Waals surface area contributed by atoms with Crippen molar-refractivity contribution in [3.8, 4) is 0 Å². The van der Waals surface area contributed by atoms with Gasteiger partial charge in [0.1, 0.15) is 12.6 Å². The monoisotopic (exact) mass is 552 g/mol. The van der Waals surface area contributed by atoms with Crippen LogP contribution in [0.3, 0.4) is 0 Å². The number of rotatable bonds is 12. The Morgan fingerprint density at radius 3 is 2.21 bits per heavy atom. The molecule has 0 saturated heterocycles. The lowest BCUT2D eigenvalue weighted by Gasteiger charge is -2.33. The molecule has 2 amide bonds. The molecule has 1 atom stereocenters. The molecule has 0 saturated carbocycles. The zero-order valence-electron chi connectivity index (χ0n) is 22.1. The molecule has 0 aromatic heterocycles. The van der Waals surface area contributed by atoms with E-state index in [0.717, 1.165) is 15.4 Å². The van der Waals surface area contributed by atoms with Gasteiger partial charge in [0.2, 0.25) is 11.8 Å². The van der Waals surface area contributed by atoms with Crippen molar-refractivity contribution in [1.29, 1.82) is 0 Å². The van der Waals surface area contributed by atoms with Crippen LogP contribution in [0, 0.1) is 17.0 Å². The zero-order valence-corrected chi connectivity index (χ0v) is 22.9. The first-order valence-electron chi connectivity index (χ1n) is 12.5. The van der Waals surface area contributed by atoms with Crippen LogP contribution in [0.2, 0.25) is 0 Å². The molecule has 1 N–H and O–H groups in total. The van der Waals surface area contributed by atoms with Gasteiger partial charge >= 0.3 is 0 Å². The van der Waals surface area contributed by atoms with Gasteiger partial charge in [0.25, 0.3) is 15.7 Å². The number of nitro benzene ring substituents is 1. The highest BCUT2D eigenvalue weighted by Crippen LogP contribution is 2.26. The van der Waals surface area contributed by atoms with Crippen molar-refractivity contribution in [2.24, 2.45) is 0 Å². The first-order valence-corrected chi connectivity index (χ1v) is 14.0. The van der Waals surface area contributed by atoms with Gasteiger partial charge in [-0.2, -0.15) is 0 Å². The molecule has 1 unspecified atom stereocenters. The number of likely N-dealkylation sites (N-methyl/N-ethyl adjacent to an activating group) is 1. The second kappa shape index (κ2) is 13.0. The molecule has 0 heterocycles. The first-order chi connectivity index (χ1) is 18.6. The Balaban J connectivity index is 2.07. The van der Waals surface area contributed by atoms with Gasteiger partial charge in [0, 0.05) is 25.2 Å². The molecule has 206 valence electrons. The number of sulfonamides is 1. The summed E-state index contributed by atoms with van der Waals surface area (Å²) in [6.07, 6.45) is 0.312. The van der Waals surface area contributed by atoms with E-state index in [1.165, 1.54) is 41.3 Å². The Morgan fingerprint density at radius 1 is 0.974 bits per heavy atom. The van der Waals surface area contributed by atoms with Gasteiger partial charge in [-0.3, -0.25) is 24.0 Å². The van der Waals surface area contributed by atoms with Gasteiger partial charge in [-0.1, -0.05) is 55.0 Å². The van der Waals surface area contributed by atoms with Crippen molar-refractivity contribution < 1.29 is 22.9 Å². The van der Waals surface area contributed by atoms with Crippen LogP contribution >= 0.6 is 0 Å². The number of hydrogen-bond donors (Lipinski definition) is 1. The fourth-order valence-electron chi connectivity index (χ4n) is 4.21. The number of amides is 2. The Bertz CT molecular complexity index is 1410. The van der Waals surface area contributed by atoms with Crippen LogP contribution < -0.4 is 9.62 Å². The summed E-state index contributed by atoms with van der Waals surface area (Å²) in [5.41, 5.74) is 1.63. The lowest BCUT2D eigenvalue weighted by Crippen LogP contribution is -2.52. The van der Waals surface area contributed by atoms with E-state index in [4.69, 9.17) is 0 Å². The van der Waals surface area contributed by atoms with Crippen LogP contribution in [-0.2, 0) is 26.2 Å². The van der Waals surface area contributed by atoms with Crippen molar-refractivity contribution in [2.45, 2.75) is 44.7 Å². The lowest BCUT2D eigenvalue weighted by atomic mass is 10.1. The molecule has 11 heteroatoms. The number of nitrogens with zero attached hydrogens (tertiary/aromatic N) is 3. The number of carbonyl (C=O) groups excluding carboxylic acids is 2. The third kappa shape index (κ3) is 7.20. The molecule has 10 nitrogen and oxygen atoms in total. The molecule has 0 spiro atoms. The van der Waals surface area contributed by atoms with Crippen LogP contribution in [0.15, 0.2) is 83.8 Å². The van der Waals surface area contributed by atoms with Crippen molar-refractivity contribution in [2.75, 3.05) is 17.4 Å². The molecule has 3 aromatic carbocycles. The second-order valence-corrected chi connectivity index (χ2v) is 10.8. The summed E-state index contributed by atoms with van der Waals surface area (Å²) in [5, 5.41) is 13.9. The average Bonchev–Trinajstić information content (AvgIpc) is 2.92. The van der Waals surface area contributed by atoms with Gasteiger partial charge in [0.15, 0.2) is 0 Å². The minimum Gasteiger partial charge on any atom is -0.355 e. The second-order valence-electron chi connectivity index (χ2n) is 8.93. The highest BCUT2D eigenvalue weighted by Gasteiger charge is 2.33. The SMILES string of the molecule is CCNC(=O)C(CC)N(Cc1cccc(C)c1)C(=O)CN(c1ccc([N+](=O)[O-])cc1)S(=O)(=O)c1ccccc1. The van der Waals surface area contributed by atoms with Crippen molar-refractivity contribution in [3.05, 3.63) is 100 Å². The van der Waals surface area contributed by atoms with E-state index in [2.05, 4.69) is 5.32 Å². The van der Waals surface area contributed by atoms with E-state index in [1.54, 1.807) is 32.0 Å². The molecular weight excluding hydrogens is 520 g/mol. The van der Waals surface area contributed by atoms with Crippen LogP contribution in [-0.4, -0.2) is 49.2 Å². The predicted molar refractivity (Wildman–Crippen MR) is 149 cm³/mol. The average molecular weight is 553 g/mol. The van der Waals surface area contributed by atoms with E-state index in [9.17, 15) is 28.1 Å². The summed E-state index contributed by atoms with van der Waals surface area (Å²) < 4.78 is 28.4. The van der Waals surface area contributed by atoms with Crippen LogP contribution in [0.1, 0.15) is 31.4 Å². The third-order valence-electron chi connectivity index (χ3n) is 6.13. The van der Waals surface area contributed by atoms with Crippen molar-refractivity contribution >= 4 is 33.2 Å². The largest absolute Gasteiger partial charge is 0.355 e. The van der Waals surface area contributed by atoms with Gasteiger partial charge in [0.05, 0.1) is 15.5 Å². The number of anilines is 1. The summed E-state index contributed by atoms with van der Waals surface area (Å²) in [4.78, 5) is 38.8. The van der Waals surface area contributed by atoms with E-state index in [0.29, 0.717) is 13.0 Å². The number of nitrogens with one attached hydrogen (secondary N) is 1. The molecule has 0 radical (unpaired) electrons. The normalized spacial score (nSPS) is 11.9. The Hall–Kier alpha value is -4.25. The summed E-state index contributed by atoms with van der Waals surface area (Å²) in [6.45, 7) is 5.33. The van der Waals surface area contributed by atoms with Gasteiger partial charge in [-0.25, -0.2) is 8.42 Å². The molecule has 39 heavy (non-hydrogen) atoms. The Morgan fingerprint density at radius 2 is 1.64 bits per heavy atom. The van der Waals surface area contributed by atoms with E-state index in [1.807, 2.05) is 31.2 Å². The van der Waals surface area contributed by atoms with Crippen molar-refractivity contribution in [3.63, 3.8) is 0 Å². The fourth-order valence-corrected chi connectivity index (χ4v) is 5.64. The Kier molecular flexibility index (Phi) is 9.78. The summed E-state index contributed by atoms with van der Waals surface area (Å²) >= 11 is 0. The molecular formula is C28H32N4O6S. The fraction of sp³-hybridized carbons (Fsp3) is 0.286. The maximum absolute atomic E-state index is 13.9. The lowest BCUT2D eigenvalue weighted by molar-refractivity contribution is -0.384. The maximum Gasteiger partial charge on any atom is 0.269 e. The van der Waals surface area contributed by atoms with E-state index in [-0.39, 0.29) is 28.7 Å². The molecule has 0 bridgehead atoms. The smallest absolute Gasteiger partial charge is 0.269 e. The van der Waals surface area contributed by atoms with Crippen LogP contribution in [0.4, 0.5) is 11.4 Å². The van der Waals surface area contributed by atoms with Crippen LogP contribution in [0.5, 0.6) is 0 Å². The number of hydrogen-bond acceptors (Lipinski definition) is 6. The van der Waals surface area contributed by atoms with Gasteiger partial charge in [-0.15, -0.1) is 0 Å². The Labute approximate surface area is 228 Å². The van der Waals surface area contributed by atoms with Gasteiger partial charge in [-0.05, 0) is 50.1 Å². The summed E-state index contributed by atoms with van der Waals surface area (Å²) in [7, 11) is -4.24.